The Hall–Kier alpha value is -2.44. The van der Waals surface area contributed by atoms with E-state index in [0.717, 1.165) is 24.5 Å². The van der Waals surface area contributed by atoms with Gasteiger partial charge in [-0.1, -0.05) is 11.6 Å². The van der Waals surface area contributed by atoms with Crippen LogP contribution in [0.15, 0.2) is 23.8 Å². The summed E-state index contributed by atoms with van der Waals surface area (Å²) in [5.74, 6) is -0.591. The fraction of sp³-hybridized carbons (Fsp3) is 0.500. The van der Waals surface area contributed by atoms with Crippen molar-refractivity contribution in [2.75, 3.05) is 13.1 Å². The maximum absolute atomic E-state index is 13.9. The van der Waals surface area contributed by atoms with E-state index in [0.29, 0.717) is 18.7 Å². The van der Waals surface area contributed by atoms with Crippen molar-refractivity contribution in [3.8, 4) is 0 Å². The molecule has 1 aliphatic heterocycles. The van der Waals surface area contributed by atoms with Gasteiger partial charge in [0.2, 0.25) is 0 Å². The number of nitrogens with zero attached hydrogens (tertiary/aromatic N) is 2. The van der Waals surface area contributed by atoms with Crippen LogP contribution in [0.2, 0.25) is 0 Å². The summed E-state index contributed by atoms with van der Waals surface area (Å²) >= 11 is 0. The standard InChI is InChI=1S/C18H21FN2O4/c1-17(2,3)25-16(22)20-10-18(11-20)8-12(9-18)6-13-4-5-14(21(23)24)7-15(13)19/h4-7H,8-11H2,1-3H3. The Labute approximate surface area is 145 Å². The number of non-ortho nitro benzene ring substituents is 1. The van der Waals surface area contributed by atoms with Crippen molar-refractivity contribution in [1.82, 2.24) is 4.90 Å². The largest absolute Gasteiger partial charge is 0.444 e. The summed E-state index contributed by atoms with van der Waals surface area (Å²) in [5, 5.41) is 10.6. The van der Waals surface area contributed by atoms with Gasteiger partial charge in [0, 0.05) is 30.1 Å². The number of likely N-dealkylation sites (tertiary alicyclic amines) is 1. The van der Waals surface area contributed by atoms with E-state index in [2.05, 4.69) is 0 Å². The summed E-state index contributed by atoms with van der Waals surface area (Å²) in [6.45, 7) is 6.82. The van der Waals surface area contributed by atoms with Gasteiger partial charge in [-0.05, 0) is 39.7 Å². The molecule has 2 fully saturated rings. The smallest absolute Gasteiger partial charge is 0.410 e. The minimum atomic E-state index is -0.613. The highest BCUT2D eigenvalue weighted by atomic mass is 19.1. The molecule has 3 rings (SSSR count). The first kappa shape index (κ1) is 17.4. The minimum Gasteiger partial charge on any atom is -0.444 e. The fourth-order valence-corrected chi connectivity index (χ4v) is 3.42. The third-order valence-corrected chi connectivity index (χ3v) is 4.46. The lowest BCUT2D eigenvalue weighted by molar-refractivity contribution is -0.385. The Morgan fingerprint density at radius 3 is 2.52 bits per heavy atom. The molecule has 1 aromatic carbocycles. The number of rotatable bonds is 2. The van der Waals surface area contributed by atoms with Crippen LogP contribution in [0.3, 0.4) is 0 Å². The maximum Gasteiger partial charge on any atom is 0.410 e. The van der Waals surface area contributed by atoms with Crippen LogP contribution in [0.5, 0.6) is 0 Å². The van der Waals surface area contributed by atoms with Crippen LogP contribution in [-0.4, -0.2) is 34.6 Å². The molecular weight excluding hydrogens is 327 g/mol. The van der Waals surface area contributed by atoms with Gasteiger partial charge in [0.25, 0.3) is 5.69 Å². The molecule has 0 radical (unpaired) electrons. The molecule has 1 spiro atoms. The van der Waals surface area contributed by atoms with Crippen molar-refractivity contribution < 1.29 is 18.8 Å². The van der Waals surface area contributed by atoms with Gasteiger partial charge in [0.1, 0.15) is 11.4 Å². The van der Waals surface area contributed by atoms with E-state index in [1.165, 1.54) is 12.1 Å². The number of nitro benzene ring substituents is 1. The monoisotopic (exact) mass is 348 g/mol. The van der Waals surface area contributed by atoms with Gasteiger partial charge in [-0.3, -0.25) is 10.1 Å². The van der Waals surface area contributed by atoms with E-state index in [1.54, 1.807) is 11.0 Å². The van der Waals surface area contributed by atoms with Gasteiger partial charge in [-0.2, -0.15) is 0 Å². The third kappa shape index (κ3) is 3.65. The Bertz CT molecular complexity index is 751. The lowest BCUT2D eigenvalue weighted by Gasteiger charge is -2.56. The highest BCUT2D eigenvalue weighted by Gasteiger charge is 2.52. The molecule has 25 heavy (non-hydrogen) atoms. The fourth-order valence-electron chi connectivity index (χ4n) is 3.42. The van der Waals surface area contributed by atoms with Crippen LogP contribution in [0, 0.1) is 21.3 Å². The second-order valence-corrected chi connectivity index (χ2v) is 7.96. The highest BCUT2D eigenvalue weighted by Crippen LogP contribution is 2.52. The molecule has 6 nitrogen and oxygen atoms in total. The second-order valence-electron chi connectivity index (χ2n) is 7.96. The summed E-state index contributed by atoms with van der Waals surface area (Å²) in [7, 11) is 0. The Morgan fingerprint density at radius 2 is 2.00 bits per heavy atom. The van der Waals surface area contributed by atoms with Crippen LogP contribution in [0.25, 0.3) is 6.08 Å². The number of ether oxygens (including phenoxy) is 1. The van der Waals surface area contributed by atoms with Gasteiger partial charge >= 0.3 is 6.09 Å². The molecule has 1 aliphatic carbocycles. The van der Waals surface area contributed by atoms with Crippen LogP contribution < -0.4 is 0 Å². The number of halogens is 1. The second kappa shape index (κ2) is 5.82. The molecule has 1 saturated heterocycles. The third-order valence-electron chi connectivity index (χ3n) is 4.46. The van der Waals surface area contributed by atoms with Gasteiger partial charge in [-0.15, -0.1) is 0 Å². The maximum atomic E-state index is 13.9. The number of amides is 1. The molecular formula is C18H21FN2O4. The number of hydrogen-bond donors (Lipinski definition) is 0. The predicted octanol–water partition coefficient (Wildman–Crippen LogP) is 4.15. The van der Waals surface area contributed by atoms with Crippen molar-refractivity contribution in [3.63, 3.8) is 0 Å². The first-order valence-electron chi connectivity index (χ1n) is 8.18. The van der Waals surface area contributed by atoms with Crippen LogP contribution >= 0.6 is 0 Å². The summed E-state index contributed by atoms with van der Waals surface area (Å²) in [5.41, 5.74) is 0.782. The number of benzene rings is 1. The Morgan fingerprint density at radius 1 is 1.36 bits per heavy atom. The zero-order valence-corrected chi connectivity index (χ0v) is 14.5. The quantitative estimate of drug-likeness (QED) is 0.594. The number of nitro groups is 1. The summed E-state index contributed by atoms with van der Waals surface area (Å²) in [6.07, 6.45) is 3.07. The van der Waals surface area contributed by atoms with Gasteiger partial charge in [-0.25, -0.2) is 9.18 Å². The zero-order chi connectivity index (χ0) is 18.4. The lowest BCUT2D eigenvalue weighted by Crippen LogP contribution is -2.62. The first-order valence-corrected chi connectivity index (χ1v) is 8.18. The molecule has 7 heteroatoms. The molecule has 1 heterocycles. The number of hydrogen-bond acceptors (Lipinski definition) is 4. The van der Waals surface area contributed by atoms with Crippen molar-refractivity contribution in [1.29, 1.82) is 0 Å². The van der Waals surface area contributed by atoms with Crippen LogP contribution in [0.4, 0.5) is 14.9 Å². The van der Waals surface area contributed by atoms with E-state index in [9.17, 15) is 19.3 Å². The molecule has 0 bridgehead atoms. The minimum absolute atomic E-state index is 0.0833. The topological polar surface area (TPSA) is 72.7 Å². The highest BCUT2D eigenvalue weighted by molar-refractivity contribution is 5.70. The van der Waals surface area contributed by atoms with E-state index >= 15 is 0 Å². The van der Waals surface area contributed by atoms with E-state index < -0.39 is 16.3 Å². The molecule has 2 aliphatic rings. The average molecular weight is 348 g/mol. The first-order chi connectivity index (χ1) is 11.6. The Kier molecular flexibility index (Phi) is 4.05. The molecule has 1 amide bonds. The van der Waals surface area contributed by atoms with Crippen molar-refractivity contribution >= 4 is 17.9 Å². The van der Waals surface area contributed by atoms with E-state index in [1.807, 2.05) is 20.8 Å². The summed E-state index contributed by atoms with van der Waals surface area (Å²) in [4.78, 5) is 23.7. The number of allylic oxidation sites excluding steroid dienone is 1. The number of carbonyl (C=O) groups is 1. The predicted molar refractivity (Wildman–Crippen MR) is 90.5 cm³/mol. The van der Waals surface area contributed by atoms with Gasteiger partial charge in [0.05, 0.1) is 11.0 Å². The van der Waals surface area contributed by atoms with Gasteiger partial charge in [0.15, 0.2) is 0 Å². The molecule has 0 aromatic heterocycles. The molecule has 0 atom stereocenters. The summed E-state index contributed by atoms with van der Waals surface area (Å²) < 4.78 is 19.3. The molecule has 1 aromatic rings. The summed E-state index contributed by atoms with van der Waals surface area (Å²) in [6, 6.07) is 3.67. The van der Waals surface area contributed by atoms with Crippen LogP contribution in [-0.2, 0) is 4.74 Å². The van der Waals surface area contributed by atoms with E-state index in [4.69, 9.17) is 4.74 Å². The van der Waals surface area contributed by atoms with Crippen LogP contribution in [0.1, 0.15) is 39.2 Å². The molecule has 0 unspecified atom stereocenters. The van der Waals surface area contributed by atoms with Crippen molar-refractivity contribution in [2.24, 2.45) is 5.41 Å². The van der Waals surface area contributed by atoms with E-state index in [-0.39, 0.29) is 17.2 Å². The zero-order valence-electron chi connectivity index (χ0n) is 14.5. The van der Waals surface area contributed by atoms with Gasteiger partial charge < -0.3 is 9.64 Å². The SMILES string of the molecule is CC(C)(C)OC(=O)N1CC2(CC(=Cc3ccc([N+](=O)[O-])cc3F)C2)C1. The number of carbonyl (C=O) groups excluding carboxylic acids is 1. The molecule has 0 N–H and O–H groups in total. The lowest BCUT2D eigenvalue weighted by atomic mass is 9.60. The van der Waals surface area contributed by atoms with Crippen molar-refractivity contribution in [3.05, 3.63) is 45.3 Å². The average Bonchev–Trinajstić information content (AvgIpc) is 2.39. The molecule has 1 saturated carbocycles. The molecule has 134 valence electrons. The normalized spacial score (nSPS) is 18.4. The Balaban J connectivity index is 1.56. The van der Waals surface area contributed by atoms with Crippen molar-refractivity contribution in [2.45, 2.75) is 39.2 Å².